The number of carbonyl (C=O) groups excluding carboxylic acids is 1. The number of halogens is 4. The van der Waals surface area contributed by atoms with E-state index in [-0.39, 0.29) is 18.3 Å². The molecule has 0 aliphatic carbocycles. The Morgan fingerprint density at radius 1 is 1.31 bits per heavy atom. The number of piperidine rings is 1. The van der Waals surface area contributed by atoms with Crippen molar-refractivity contribution in [2.75, 3.05) is 19.6 Å². The van der Waals surface area contributed by atoms with Crippen LogP contribution in [0.5, 0.6) is 0 Å². The fourth-order valence-electron chi connectivity index (χ4n) is 3.40. The SMILES string of the molecule is CC1CCN(C(C)CNC(=O)c2nnn(-c3cccc(F)c3)c2C(F)(F)F)CC1. The first-order valence-electron chi connectivity index (χ1n) is 9.48. The summed E-state index contributed by atoms with van der Waals surface area (Å²) in [5.74, 6) is -1.03. The quantitative estimate of drug-likeness (QED) is 0.765. The lowest BCUT2D eigenvalue weighted by Gasteiger charge is -2.34. The normalized spacial score (nSPS) is 17.3. The van der Waals surface area contributed by atoms with Gasteiger partial charge in [0, 0.05) is 12.6 Å². The fourth-order valence-corrected chi connectivity index (χ4v) is 3.40. The molecule has 6 nitrogen and oxygen atoms in total. The van der Waals surface area contributed by atoms with E-state index in [2.05, 4.69) is 27.5 Å². The van der Waals surface area contributed by atoms with Crippen molar-refractivity contribution in [1.82, 2.24) is 25.2 Å². The molecular formula is C19H23F4N5O. The molecule has 29 heavy (non-hydrogen) atoms. The molecule has 1 aromatic carbocycles. The molecule has 1 saturated heterocycles. The van der Waals surface area contributed by atoms with Crippen LogP contribution in [0.25, 0.3) is 5.69 Å². The zero-order chi connectivity index (χ0) is 21.2. The van der Waals surface area contributed by atoms with E-state index in [9.17, 15) is 22.4 Å². The molecule has 0 bridgehead atoms. The second kappa shape index (κ2) is 8.48. The highest BCUT2D eigenvalue weighted by Gasteiger charge is 2.42. The van der Waals surface area contributed by atoms with Crippen molar-refractivity contribution in [2.45, 2.75) is 38.9 Å². The van der Waals surface area contributed by atoms with Crippen LogP contribution >= 0.6 is 0 Å². The molecule has 1 aromatic heterocycles. The van der Waals surface area contributed by atoms with Crippen molar-refractivity contribution in [3.05, 3.63) is 41.5 Å². The zero-order valence-corrected chi connectivity index (χ0v) is 16.2. The van der Waals surface area contributed by atoms with Crippen LogP contribution in [0, 0.1) is 11.7 Å². The second-order valence-corrected chi connectivity index (χ2v) is 7.45. The molecule has 1 fully saturated rings. The predicted molar refractivity (Wildman–Crippen MR) is 98.1 cm³/mol. The first kappa shape index (κ1) is 21.2. The summed E-state index contributed by atoms with van der Waals surface area (Å²) < 4.78 is 54.8. The maximum Gasteiger partial charge on any atom is 0.435 e. The maximum atomic E-state index is 13.6. The average Bonchev–Trinajstić information content (AvgIpc) is 3.12. The average molecular weight is 413 g/mol. The smallest absolute Gasteiger partial charge is 0.349 e. The summed E-state index contributed by atoms with van der Waals surface area (Å²) in [6.45, 7) is 6.08. The van der Waals surface area contributed by atoms with Gasteiger partial charge >= 0.3 is 6.18 Å². The van der Waals surface area contributed by atoms with Crippen molar-refractivity contribution >= 4 is 5.91 Å². The van der Waals surface area contributed by atoms with E-state index >= 15 is 0 Å². The van der Waals surface area contributed by atoms with Gasteiger partial charge in [0.05, 0.1) is 5.69 Å². The lowest BCUT2D eigenvalue weighted by Crippen LogP contribution is -2.45. The van der Waals surface area contributed by atoms with E-state index in [1.807, 2.05) is 6.92 Å². The Kier molecular flexibility index (Phi) is 6.21. The van der Waals surface area contributed by atoms with Crippen molar-refractivity contribution in [3.63, 3.8) is 0 Å². The molecule has 0 saturated carbocycles. The Hall–Kier alpha value is -2.49. The van der Waals surface area contributed by atoms with Gasteiger partial charge in [0.25, 0.3) is 5.91 Å². The predicted octanol–water partition coefficient (Wildman–Crippen LogP) is 3.28. The molecule has 1 N–H and O–H groups in total. The summed E-state index contributed by atoms with van der Waals surface area (Å²) in [6.07, 6.45) is -2.78. The number of aromatic nitrogens is 3. The molecule has 0 spiro atoms. The Morgan fingerprint density at radius 2 is 2.00 bits per heavy atom. The number of nitrogens with zero attached hydrogens (tertiary/aromatic N) is 4. The first-order chi connectivity index (χ1) is 13.7. The molecule has 1 aliphatic rings. The summed E-state index contributed by atoms with van der Waals surface area (Å²) in [4.78, 5) is 14.6. The molecule has 3 rings (SSSR count). The molecule has 158 valence electrons. The summed E-state index contributed by atoms with van der Waals surface area (Å²) in [6, 6.07) is 4.50. The topological polar surface area (TPSA) is 63.1 Å². The lowest BCUT2D eigenvalue weighted by molar-refractivity contribution is -0.143. The molecule has 1 amide bonds. The van der Waals surface area contributed by atoms with Crippen molar-refractivity contribution in [2.24, 2.45) is 5.92 Å². The fraction of sp³-hybridized carbons (Fsp3) is 0.526. The zero-order valence-electron chi connectivity index (χ0n) is 16.2. The van der Waals surface area contributed by atoms with E-state index in [4.69, 9.17) is 0 Å². The summed E-state index contributed by atoms with van der Waals surface area (Å²) in [7, 11) is 0. The largest absolute Gasteiger partial charge is 0.435 e. The minimum absolute atomic E-state index is 0.0148. The molecule has 10 heteroatoms. The number of nitrogens with one attached hydrogen (secondary N) is 1. The number of hydrogen-bond acceptors (Lipinski definition) is 4. The Morgan fingerprint density at radius 3 is 2.62 bits per heavy atom. The molecule has 1 atom stereocenters. The Labute approximate surface area is 165 Å². The number of hydrogen-bond donors (Lipinski definition) is 1. The minimum atomic E-state index is -4.89. The number of rotatable bonds is 5. The highest BCUT2D eigenvalue weighted by molar-refractivity contribution is 5.93. The van der Waals surface area contributed by atoms with Crippen LogP contribution in [0.3, 0.4) is 0 Å². The first-order valence-corrected chi connectivity index (χ1v) is 9.48. The van der Waals surface area contributed by atoms with Gasteiger partial charge < -0.3 is 5.32 Å². The maximum absolute atomic E-state index is 13.6. The van der Waals surface area contributed by atoms with E-state index in [0.717, 1.165) is 38.1 Å². The second-order valence-electron chi connectivity index (χ2n) is 7.45. The number of amides is 1. The number of likely N-dealkylation sites (tertiary alicyclic amines) is 1. The summed E-state index contributed by atoms with van der Waals surface area (Å²) in [5.41, 5.74) is -2.33. The van der Waals surface area contributed by atoms with E-state index in [1.165, 1.54) is 12.1 Å². The van der Waals surface area contributed by atoms with Gasteiger partial charge in [0.2, 0.25) is 0 Å². The van der Waals surface area contributed by atoms with Crippen molar-refractivity contribution in [3.8, 4) is 5.69 Å². The molecule has 2 aromatic rings. The minimum Gasteiger partial charge on any atom is -0.349 e. The van der Waals surface area contributed by atoms with Crippen LogP contribution in [0.1, 0.15) is 42.9 Å². The highest BCUT2D eigenvalue weighted by atomic mass is 19.4. The number of benzene rings is 1. The van der Waals surface area contributed by atoms with Gasteiger partial charge in [-0.05, 0) is 57.0 Å². The standard InChI is InChI=1S/C19H23F4N5O/c1-12-6-8-27(9-7-12)13(2)11-24-18(29)16-17(19(21,22)23)28(26-25-16)15-5-3-4-14(20)10-15/h3-5,10,12-13H,6-9,11H2,1-2H3,(H,24,29). The van der Waals surface area contributed by atoms with Gasteiger partial charge in [-0.25, -0.2) is 9.07 Å². The van der Waals surface area contributed by atoms with Crippen molar-refractivity contribution < 1.29 is 22.4 Å². The summed E-state index contributed by atoms with van der Waals surface area (Å²) in [5, 5.41) is 9.41. The van der Waals surface area contributed by atoms with Gasteiger partial charge in [-0.1, -0.05) is 18.2 Å². The van der Waals surface area contributed by atoms with E-state index < -0.39 is 29.3 Å². The van der Waals surface area contributed by atoms with Crippen LogP contribution in [0.15, 0.2) is 24.3 Å². The van der Waals surface area contributed by atoms with Crippen LogP contribution in [0.4, 0.5) is 17.6 Å². The Balaban J connectivity index is 1.77. The molecule has 1 aliphatic heterocycles. The van der Waals surface area contributed by atoms with Gasteiger partial charge in [0.1, 0.15) is 5.82 Å². The lowest BCUT2D eigenvalue weighted by atomic mass is 9.98. The molecule has 2 heterocycles. The Bertz CT molecular complexity index is 859. The van der Waals surface area contributed by atoms with Crippen molar-refractivity contribution in [1.29, 1.82) is 0 Å². The third-order valence-electron chi connectivity index (χ3n) is 5.21. The molecule has 0 radical (unpaired) electrons. The van der Waals surface area contributed by atoms with Crippen LogP contribution in [-0.4, -0.2) is 51.5 Å². The molecule has 1 unspecified atom stereocenters. The monoisotopic (exact) mass is 413 g/mol. The number of carbonyl (C=O) groups is 1. The van der Waals surface area contributed by atoms with E-state index in [0.29, 0.717) is 10.6 Å². The number of alkyl halides is 3. The van der Waals surface area contributed by atoms with Gasteiger partial charge in [-0.2, -0.15) is 13.2 Å². The van der Waals surface area contributed by atoms with Gasteiger partial charge in [-0.15, -0.1) is 5.10 Å². The van der Waals surface area contributed by atoms with Gasteiger partial charge in [0.15, 0.2) is 11.4 Å². The highest BCUT2D eigenvalue weighted by Crippen LogP contribution is 2.32. The van der Waals surface area contributed by atoms with Crippen LogP contribution < -0.4 is 5.32 Å². The van der Waals surface area contributed by atoms with E-state index in [1.54, 1.807) is 0 Å². The van der Waals surface area contributed by atoms with Crippen LogP contribution in [0.2, 0.25) is 0 Å². The van der Waals surface area contributed by atoms with Crippen LogP contribution in [-0.2, 0) is 6.18 Å². The third-order valence-corrected chi connectivity index (χ3v) is 5.21. The van der Waals surface area contributed by atoms with Gasteiger partial charge in [-0.3, -0.25) is 9.69 Å². The third kappa shape index (κ3) is 4.92. The molecular weight excluding hydrogens is 390 g/mol. The summed E-state index contributed by atoms with van der Waals surface area (Å²) >= 11 is 0.